The van der Waals surface area contributed by atoms with Crippen molar-refractivity contribution in [3.63, 3.8) is 0 Å². The number of methoxy groups -OCH3 is 1. The van der Waals surface area contributed by atoms with E-state index in [1.807, 2.05) is 0 Å². The molecule has 7 nitrogen and oxygen atoms in total. The average Bonchev–Trinajstić information content (AvgIpc) is 2.93. The Hall–Kier alpha value is -3.16. The smallest absolute Gasteiger partial charge is 0.341 e. The van der Waals surface area contributed by atoms with E-state index in [4.69, 9.17) is 14.2 Å². The first-order chi connectivity index (χ1) is 12.8. The first-order valence-electron chi connectivity index (χ1n) is 8.20. The first kappa shape index (κ1) is 20.2. The highest BCUT2D eigenvalue weighted by Gasteiger charge is 2.26. The summed E-state index contributed by atoms with van der Waals surface area (Å²) in [6, 6.07) is 3.65. The number of ether oxygens (including phenoxy) is 3. The third kappa shape index (κ3) is 4.33. The lowest BCUT2D eigenvalue weighted by molar-refractivity contribution is 0.0467. The lowest BCUT2D eigenvalue weighted by Crippen LogP contribution is -2.18. The number of aryl methyl sites for hydroxylation is 2. The van der Waals surface area contributed by atoms with Gasteiger partial charge in [0.2, 0.25) is 5.78 Å². The number of H-pyrrole nitrogens is 1. The Balaban J connectivity index is 2.17. The van der Waals surface area contributed by atoms with Gasteiger partial charge in [-0.3, -0.25) is 4.79 Å². The van der Waals surface area contributed by atoms with Crippen LogP contribution in [0.4, 0.5) is 4.39 Å². The molecule has 1 aromatic heterocycles. The van der Waals surface area contributed by atoms with Gasteiger partial charge in [-0.25, -0.2) is 14.0 Å². The predicted molar refractivity (Wildman–Crippen MR) is 93.8 cm³/mol. The van der Waals surface area contributed by atoms with E-state index >= 15 is 0 Å². The van der Waals surface area contributed by atoms with Crippen molar-refractivity contribution < 1.29 is 33.0 Å². The van der Waals surface area contributed by atoms with Crippen LogP contribution in [0.1, 0.15) is 49.4 Å². The highest BCUT2D eigenvalue weighted by molar-refractivity contribution is 6.09. The van der Waals surface area contributed by atoms with Gasteiger partial charge in [-0.2, -0.15) is 0 Å². The number of carbonyl (C=O) groups excluding carboxylic acids is 3. The number of carbonyl (C=O) groups is 3. The van der Waals surface area contributed by atoms with Gasteiger partial charge in [0.05, 0.1) is 30.4 Å². The van der Waals surface area contributed by atoms with E-state index in [0.717, 1.165) is 6.07 Å². The molecule has 8 heteroatoms. The number of benzene rings is 1. The molecule has 0 bridgehead atoms. The molecule has 0 aliphatic heterocycles. The molecule has 1 heterocycles. The normalized spacial score (nSPS) is 10.4. The number of aromatic nitrogens is 1. The third-order valence-electron chi connectivity index (χ3n) is 3.86. The summed E-state index contributed by atoms with van der Waals surface area (Å²) in [7, 11) is 1.37. The number of ketones is 1. The minimum Gasteiger partial charge on any atom is -0.497 e. The van der Waals surface area contributed by atoms with E-state index in [1.165, 1.54) is 19.2 Å². The summed E-state index contributed by atoms with van der Waals surface area (Å²) < 4.78 is 28.7. The Morgan fingerprint density at radius 3 is 2.30 bits per heavy atom. The van der Waals surface area contributed by atoms with Gasteiger partial charge in [-0.05, 0) is 32.9 Å². The van der Waals surface area contributed by atoms with Gasteiger partial charge < -0.3 is 19.2 Å². The molecule has 0 radical (unpaired) electrons. The number of esters is 2. The monoisotopic (exact) mass is 377 g/mol. The van der Waals surface area contributed by atoms with Gasteiger partial charge in [0.25, 0.3) is 0 Å². The Morgan fingerprint density at radius 1 is 1.04 bits per heavy atom. The fourth-order valence-electron chi connectivity index (χ4n) is 2.66. The Morgan fingerprint density at radius 2 is 1.70 bits per heavy atom. The zero-order valence-electron chi connectivity index (χ0n) is 15.5. The molecule has 27 heavy (non-hydrogen) atoms. The standard InChI is InChI=1S/C19H20FNO6/c1-5-26-19(24)17-11(3)21-10(2)16(17)15(22)9-27-18(23)13-7-6-12(25-4)8-14(13)20/h6-8,21H,5,9H2,1-4H3. The second-order valence-corrected chi connectivity index (χ2v) is 5.69. The Labute approximate surface area is 155 Å². The van der Waals surface area contributed by atoms with Crippen molar-refractivity contribution in [3.8, 4) is 5.75 Å². The Bertz CT molecular complexity index is 887. The van der Waals surface area contributed by atoms with Crippen LogP contribution in [-0.4, -0.2) is 43.0 Å². The number of Topliss-reactive ketones (excluding diaryl/α,β-unsaturated/α-hetero) is 1. The highest BCUT2D eigenvalue weighted by atomic mass is 19.1. The van der Waals surface area contributed by atoms with E-state index in [9.17, 15) is 18.8 Å². The number of nitrogens with one attached hydrogen (secondary N) is 1. The van der Waals surface area contributed by atoms with Gasteiger partial charge in [-0.1, -0.05) is 0 Å². The van der Waals surface area contributed by atoms with Gasteiger partial charge in [0, 0.05) is 17.5 Å². The minimum atomic E-state index is -0.994. The minimum absolute atomic E-state index is 0.0916. The van der Waals surface area contributed by atoms with E-state index in [1.54, 1.807) is 20.8 Å². The number of hydrogen-bond acceptors (Lipinski definition) is 6. The van der Waals surface area contributed by atoms with E-state index in [2.05, 4.69) is 4.98 Å². The fraction of sp³-hybridized carbons (Fsp3) is 0.316. The maximum absolute atomic E-state index is 13.9. The zero-order valence-corrected chi connectivity index (χ0v) is 15.5. The van der Waals surface area contributed by atoms with Crippen molar-refractivity contribution in [1.82, 2.24) is 4.98 Å². The number of aromatic amines is 1. The summed E-state index contributed by atoms with van der Waals surface area (Å²) >= 11 is 0. The molecule has 2 aromatic rings. The topological polar surface area (TPSA) is 94.7 Å². The SMILES string of the molecule is CCOC(=O)c1c(C)[nH]c(C)c1C(=O)COC(=O)c1ccc(OC)cc1F. The summed E-state index contributed by atoms with van der Waals surface area (Å²) in [4.78, 5) is 39.6. The van der Waals surface area contributed by atoms with Crippen LogP contribution >= 0.6 is 0 Å². The van der Waals surface area contributed by atoms with Crippen molar-refractivity contribution in [2.75, 3.05) is 20.3 Å². The quantitative estimate of drug-likeness (QED) is 0.589. The van der Waals surface area contributed by atoms with Crippen LogP contribution in [0.5, 0.6) is 5.75 Å². The van der Waals surface area contributed by atoms with Crippen LogP contribution in [0.15, 0.2) is 18.2 Å². The molecular weight excluding hydrogens is 357 g/mol. The molecular formula is C19H20FNO6. The molecule has 144 valence electrons. The molecule has 0 saturated heterocycles. The van der Waals surface area contributed by atoms with Crippen LogP contribution in [0.2, 0.25) is 0 Å². The summed E-state index contributed by atoms with van der Waals surface area (Å²) in [5.74, 6) is -2.81. The third-order valence-corrected chi connectivity index (χ3v) is 3.86. The molecule has 0 spiro atoms. The van der Waals surface area contributed by atoms with Crippen molar-refractivity contribution >= 4 is 17.7 Å². The van der Waals surface area contributed by atoms with Crippen LogP contribution in [-0.2, 0) is 9.47 Å². The van der Waals surface area contributed by atoms with Gasteiger partial charge >= 0.3 is 11.9 Å². The molecule has 0 atom stereocenters. The maximum Gasteiger partial charge on any atom is 0.341 e. The largest absolute Gasteiger partial charge is 0.497 e. The first-order valence-corrected chi connectivity index (χ1v) is 8.20. The summed E-state index contributed by atoms with van der Waals surface area (Å²) in [6.07, 6.45) is 0. The average molecular weight is 377 g/mol. The van der Waals surface area contributed by atoms with Gasteiger partial charge in [0.1, 0.15) is 11.6 Å². The number of rotatable bonds is 7. The van der Waals surface area contributed by atoms with E-state index in [0.29, 0.717) is 11.4 Å². The molecule has 2 rings (SSSR count). The molecule has 1 N–H and O–H groups in total. The van der Waals surface area contributed by atoms with Gasteiger partial charge in [0.15, 0.2) is 6.61 Å². The van der Waals surface area contributed by atoms with Crippen LogP contribution in [0.25, 0.3) is 0 Å². The lowest BCUT2D eigenvalue weighted by Gasteiger charge is -2.08. The predicted octanol–water partition coefficient (Wildman–Crippen LogP) is 3.00. The van der Waals surface area contributed by atoms with Crippen LogP contribution in [0.3, 0.4) is 0 Å². The van der Waals surface area contributed by atoms with Crippen molar-refractivity contribution in [1.29, 1.82) is 0 Å². The molecule has 0 unspecified atom stereocenters. The van der Waals surface area contributed by atoms with Crippen molar-refractivity contribution in [2.45, 2.75) is 20.8 Å². The van der Waals surface area contributed by atoms with E-state index < -0.39 is 30.1 Å². The number of hydrogen-bond donors (Lipinski definition) is 1. The lowest BCUT2D eigenvalue weighted by atomic mass is 10.1. The second-order valence-electron chi connectivity index (χ2n) is 5.69. The summed E-state index contributed by atoms with van der Waals surface area (Å²) in [5.41, 5.74) is 0.797. The Kier molecular flexibility index (Phi) is 6.33. The van der Waals surface area contributed by atoms with Crippen LogP contribution in [0, 0.1) is 19.7 Å². The van der Waals surface area contributed by atoms with Crippen molar-refractivity contribution in [3.05, 3.63) is 52.1 Å². The zero-order chi connectivity index (χ0) is 20.1. The fourth-order valence-corrected chi connectivity index (χ4v) is 2.66. The molecule has 0 saturated carbocycles. The maximum atomic E-state index is 13.9. The second kappa shape index (κ2) is 8.48. The molecule has 0 fully saturated rings. The summed E-state index contributed by atoms with van der Waals surface area (Å²) in [6.45, 7) is 4.42. The molecule has 0 amide bonds. The van der Waals surface area contributed by atoms with Crippen LogP contribution < -0.4 is 4.74 Å². The van der Waals surface area contributed by atoms with Crippen molar-refractivity contribution in [2.24, 2.45) is 0 Å². The number of halogens is 1. The van der Waals surface area contributed by atoms with Gasteiger partial charge in [-0.15, -0.1) is 0 Å². The van der Waals surface area contributed by atoms with E-state index in [-0.39, 0.29) is 29.0 Å². The summed E-state index contributed by atoms with van der Waals surface area (Å²) in [5, 5.41) is 0. The molecule has 1 aromatic carbocycles. The highest BCUT2D eigenvalue weighted by Crippen LogP contribution is 2.21. The molecule has 0 aliphatic carbocycles. The molecule has 0 aliphatic rings.